The fraction of sp³-hybridized carbons (Fsp3) is 0.417. The molecule has 0 aliphatic heterocycles. The van der Waals surface area contributed by atoms with E-state index in [0.29, 0.717) is 17.4 Å². The largest absolute Gasteiger partial charge is 0.460 e. The van der Waals surface area contributed by atoms with Gasteiger partial charge in [0.05, 0.1) is 6.42 Å². The van der Waals surface area contributed by atoms with Crippen LogP contribution in [-0.4, -0.2) is 22.8 Å². The summed E-state index contributed by atoms with van der Waals surface area (Å²) >= 11 is 5.85. The number of nitrogens with zero attached hydrogens (tertiary/aromatic N) is 1. The van der Waals surface area contributed by atoms with Crippen molar-refractivity contribution < 1.29 is 14.3 Å². The van der Waals surface area contributed by atoms with Crippen molar-refractivity contribution in [1.82, 2.24) is 4.98 Å². The number of pyridine rings is 1. The number of carbonyl (C=O) groups excluding carboxylic acids is 2. The number of aldehydes is 1. The maximum Gasteiger partial charge on any atom is 0.310 e. The molecule has 0 radical (unpaired) electrons. The third kappa shape index (κ3) is 4.15. The van der Waals surface area contributed by atoms with Gasteiger partial charge in [-0.1, -0.05) is 11.6 Å². The van der Waals surface area contributed by atoms with E-state index >= 15 is 0 Å². The van der Waals surface area contributed by atoms with Crippen molar-refractivity contribution in [3.05, 3.63) is 28.5 Å². The van der Waals surface area contributed by atoms with Crippen LogP contribution in [0.1, 0.15) is 36.7 Å². The van der Waals surface area contributed by atoms with Crippen molar-refractivity contribution in [1.29, 1.82) is 0 Å². The molecule has 92 valence electrons. The minimum atomic E-state index is -0.562. The van der Waals surface area contributed by atoms with Crippen LogP contribution in [0.2, 0.25) is 5.15 Å². The fourth-order valence-electron chi connectivity index (χ4n) is 1.29. The first kappa shape index (κ1) is 13.6. The first-order valence-electron chi connectivity index (χ1n) is 5.14. The average Bonchev–Trinajstić information content (AvgIpc) is 2.18. The predicted octanol–water partition coefficient (Wildman–Crippen LogP) is 2.43. The van der Waals surface area contributed by atoms with Crippen molar-refractivity contribution in [3.8, 4) is 0 Å². The summed E-state index contributed by atoms with van der Waals surface area (Å²) in [7, 11) is 0. The maximum atomic E-state index is 11.6. The highest BCUT2D eigenvalue weighted by Gasteiger charge is 2.19. The lowest BCUT2D eigenvalue weighted by atomic mass is 10.1. The Hall–Kier alpha value is -1.42. The van der Waals surface area contributed by atoms with Crippen molar-refractivity contribution in [2.24, 2.45) is 0 Å². The highest BCUT2D eigenvalue weighted by atomic mass is 35.5. The molecule has 1 heterocycles. The van der Waals surface area contributed by atoms with Gasteiger partial charge in [-0.15, -0.1) is 0 Å². The van der Waals surface area contributed by atoms with E-state index in [-0.39, 0.29) is 11.6 Å². The Labute approximate surface area is 105 Å². The zero-order valence-electron chi connectivity index (χ0n) is 9.99. The monoisotopic (exact) mass is 255 g/mol. The molecular formula is C12H14ClNO3. The molecule has 0 atom stereocenters. The number of halogens is 1. The van der Waals surface area contributed by atoms with Gasteiger partial charge in [0.15, 0.2) is 6.29 Å². The molecule has 1 aromatic rings. The SMILES string of the molecule is CC(C)(C)OC(=O)Cc1c(C=O)ccnc1Cl. The molecule has 0 aromatic carbocycles. The van der Waals surface area contributed by atoms with Gasteiger partial charge in [0.1, 0.15) is 10.8 Å². The van der Waals surface area contributed by atoms with Gasteiger partial charge in [-0.05, 0) is 26.8 Å². The number of aromatic nitrogens is 1. The predicted molar refractivity (Wildman–Crippen MR) is 64.2 cm³/mol. The van der Waals surface area contributed by atoms with Crippen LogP contribution in [0.15, 0.2) is 12.3 Å². The lowest BCUT2D eigenvalue weighted by molar-refractivity contribution is -0.153. The van der Waals surface area contributed by atoms with E-state index in [1.165, 1.54) is 12.3 Å². The third-order valence-electron chi connectivity index (χ3n) is 1.91. The van der Waals surface area contributed by atoms with Crippen molar-refractivity contribution in [2.75, 3.05) is 0 Å². The molecule has 4 nitrogen and oxygen atoms in total. The molecule has 0 spiro atoms. The van der Waals surface area contributed by atoms with E-state index in [1.54, 1.807) is 20.8 Å². The second kappa shape index (κ2) is 5.27. The molecule has 1 aromatic heterocycles. The molecule has 0 N–H and O–H groups in total. The summed E-state index contributed by atoms with van der Waals surface area (Å²) in [5, 5.41) is 0.153. The van der Waals surface area contributed by atoms with Gasteiger partial charge < -0.3 is 4.74 Å². The molecule has 0 amide bonds. The van der Waals surface area contributed by atoms with Crippen molar-refractivity contribution in [3.63, 3.8) is 0 Å². The molecule has 1 rings (SSSR count). The zero-order chi connectivity index (χ0) is 13.1. The Morgan fingerprint density at radius 2 is 2.18 bits per heavy atom. The van der Waals surface area contributed by atoms with Crippen molar-refractivity contribution >= 4 is 23.9 Å². The molecule has 0 aliphatic carbocycles. The molecule has 5 heteroatoms. The number of carbonyl (C=O) groups is 2. The Morgan fingerprint density at radius 3 is 2.71 bits per heavy atom. The summed E-state index contributed by atoms with van der Waals surface area (Å²) in [6.07, 6.45) is 2.01. The quantitative estimate of drug-likeness (QED) is 0.473. The average molecular weight is 256 g/mol. The highest BCUT2D eigenvalue weighted by molar-refractivity contribution is 6.30. The lowest BCUT2D eigenvalue weighted by Gasteiger charge is -2.19. The van der Waals surface area contributed by atoms with Crippen LogP contribution in [0.25, 0.3) is 0 Å². The molecule has 0 aliphatic rings. The summed E-state index contributed by atoms with van der Waals surface area (Å²) in [4.78, 5) is 26.3. The van der Waals surface area contributed by atoms with Gasteiger partial charge in [-0.2, -0.15) is 0 Å². The molecule has 0 bridgehead atoms. The van der Waals surface area contributed by atoms with Gasteiger partial charge in [-0.3, -0.25) is 9.59 Å². The number of rotatable bonds is 3. The summed E-state index contributed by atoms with van der Waals surface area (Å²) in [5.74, 6) is -0.435. The van der Waals surface area contributed by atoms with Crippen LogP contribution >= 0.6 is 11.6 Å². The lowest BCUT2D eigenvalue weighted by Crippen LogP contribution is -2.25. The first-order chi connectivity index (χ1) is 7.83. The first-order valence-corrected chi connectivity index (χ1v) is 5.51. The summed E-state index contributed by atoms with van der Waals surface area (Å²) in [6.45, 7) is 5.32. The Bertz CT molecular complexity index is 438. The van der Waals surface area contributed by atoms with E-state index in [0.717, 1.165) is 0 Å². The normalized spacial score (nSPS) is 11.1. The number of esters is 1. The molecule has 0 fully saturated rings. The Balaban J connectivity index is 2.88. The summed E-state index contributed by atoms with van der Waals surface area (Å²) in [6, 6.07) is 1.51. The minimum Gasteiger partial charge on any atom is -0.460 e. The van der Waals surface area contributed by atoms with Gasteiger partial charge in [0.2, 0.25) is 0 Å². The topological polar surface area (TPSA) is 56.3 Å². The number of ether oxygens (including phenoxy) is 1. The van der Waals surface area contributed by atoms with E-state index in [1.807, 2.05) is 0 Å². The summed E-state index contributed by atoms with van der Waals surface area (Å²) in [5.41, 5.74) is 0.196. The van der Waals surface area contributed by atoms with Crippen LogP contribution in [0.3, 0.4) is 0 Å². The Kier molecular flexibility index (Phi) is 4.23. The van der Waals surface area contributed by atoms with E-state index in [4.69, 9.17) is 16.3 Å². The molecule has 0 saturated carbocycles. The van der Waals surface area contributed by atoms with Crippen LogP contribution in [0.5, 0.6) is 0 Å². The van der Waals surface area contributed by atoms with E-state index < -0.39 is 11.6 Å². The molecule has 17 heavy (non-hydrogen) atoms. The molecular weight excluding hydrogens is 242 g/mol. The van der Waals surface area contributed by atoms with Gasteiger partial charge >= 0.3 is 5.97 Å². The number of hydrogen-bond donors (Lipinski definition) is 0. The van der Waals surface area contributed by atoms with Crippen LogP contribution in [0.4, 0.5) is 0 Å². The van der Waals surface area contributed by atoms with Crippen LogP contribution in [0, 0.1) is 0 Å². The van der Waals surface area contributed by atoms with Crippen LogP contribution < -0.4 is 0 Å². The van der Waals surface area contributed by atoms with Crippen LogP contribution in [-0.2, 0) is 16.0 Å². The summed E-state index contributed by atoms with van der Waals surface area (Å²) < 4.78 is 5.15. The van der Waals surface area contributed by atoms with Gasteiger partial charge in [0.25, 0.3) is 0 Å². The zero-order valence-corrected chi connectivity index (χ0v) is 10.7. The van der Waals surface area contributed by atoms with E-state index in [2.05, 4.69) is 4.98 Å². The number of hydrogen-bond acceptors (Lipinski definition) is 4. The fourth-order valence-corrected chi connectivity index (χ4v) is 1.52. The molecule has 0 saturated heterocycles. The van der Waals surface area contributed by atoms with Crippen molar-refractivity contribution in [2.45, 2.75) is 32.8 Å². The highest BCUT2D eigenvalue weighted by Crippen LogP contribution is 2.18. The second-order valence-electron chi connectivity index (χ2n) is 4.55. The Morgan fingerprint density at radius 1 is 1.53 bits per heavy atom. The standard InChI is InChI=1S/C12H14ClNO3/c1-12(2,3)17-10(16)6-9-8(7-15)4-5-14-11(9)13/h4-5,7H,6H2,1-3H3. The van der Waals surface area contributed by atoms with Gasteiger partial charge in [0, 0.05) is 17.3 Å². The van der Waals surface area contributed by atoms with E-state index in [9.17, 15) is 9.59 Å². The minimum absolute atomic E-state index is 0.0575. The third-order valence-corrected chi connectivity index (χ3v) is 2.23. The maximum absolute atomic E-state index is 11.6. The second-order valence-corrected chi connectivity index (χ2v) is 4.91. The van der Waals surface area contributed by atoms with Gasteiger partial charge in [-0.25, -0.2) is 4.98 Å². The smallest absolute Gasteiger partial charge is 0.310 e. The molecule has 0 unspecified atom stereocenters.